The molecule has 2 atom stereocenters. The third-order valence-corrected chi connectivity index (χ3v) is 4.09. The number of rotatable bonds is 3. The number of amides is 1. The minimum absolute atomic E-state index is 0.0514. The maximum absolute atomic E-state index is 12.6. The molecule has 1 fully saturated rings. The van der Waals surface area contributed by atoms with Gasteiger partial charge in [-0.05, 0) is 50.5 Å². The van der Waals surface area contributed by atoms with Crippen molar-refractivity contribution in [3.05, 3.63) is 29.3 Å². The maximum Gasteiger partial charge on any atom is 0.254 e. The monoisotopic (exact) mass is 277 g/mol. The number of nitrogens with zero attached hydrogens (tertiary/aromatic N) is 1. The highest BCUT2D eigenvalue weighted by Crippen LogP contribution is 2.23. The van der Waals surface area contributed by atoms with E-state index in [1.807, 2.05) is 30.0 Å². The van der Waals surface area contributed by atoms with Crippen LogP contribution in [0.2, 0.25) is 0 Å². The molecule has 1 aliphatic heterocycles. The zero-order valence-electron chi connectivity index (χ0n) is 12.4. The van der Waals surface area contributed by atoms with E-state index in [9.17, 15) is 9.90 Å². The van der Waals surface area contributed by atoms with Gasteiger partial charge in [0.2, 0.25) is 0 Å². The Morgan fingerprint density at radius 2 is 2.25 bits per heavy atom. The van der Waals surface area contributed by atoms with E-state index in [4.69, 9.17) is 4.74 Å². The molecule has 1 heterocycles. The summed E-state index contributed by atoms with van der Waals surface area (Å²) in [5.74, 6) is 1.00. The molecule has 110 valence electrons. The fourth-order valence-electron chi connectivity index (χ4n) is 2.76. The van der Waals surface area contributed by atoms with Crippen LogP contribution in [0.5, 0.6) is 5.75 Å². The van der Waals surface area contributed by atoms with Crippen molar-refractivity contribution in [3.63, 3.8) is 0 Å². The number of carbonyl (C=O) groups excluding carboxylic acids is 1. The second-order valence-electron chi connectivity index (χ2n) is 5.57. The Labute approximate surface area is 120 Å². The van der Waals surface area contributed by atoms with Crippen molar-refractivity contribution in [1.82, 2.24) is 4.90 Å². The van der Waals surface area contributed by atoms with E-state index in [2.05, 4.69) is 0 Å². The molecule has 1 N–H and O–H groups in total. The lowest BCUT2D eigenvalue weighted by atomic mass is 9.92. The normalized spacial score (nSPS) is 20.6. The van der Waals surface area contributed by atoms with Crippen LogP contribution in [0.3, 0.4) is 0 Å². The molecular formula is C16H23NO3. The van der Waals surface area contributed by atoms with Gasteiger partial charge in [0.05, 0.1) is 13.2 Å². The standard InChI is InChI=1S/C16H23NO3/c1-11-9-14(20-3)6-7-15(11)16(19)17-8-4-5-13(10-17)12(2)18/h6-7,9,12-13,18H,4-5,8,10H2,1-3H3. The SMILES string of the molecule is COc1ccc(C(=O)N2CCCC(C(C)O)C2)c(C)c1. The van der Waals surface area contributed by atoms with Crippen molar-refractivity contribution in [1.29, 1.82) is 0 Å². The molecule has 0 spiro atoms. The topological polar surface area (TPSA) is 49.8 Å². The smallest absolute Gasteiger partial charge is 0.254 e. The maximum atomic E-state index is 12.6. The van der Waals surface area contributed by atoms with Crippen LogP contribution in [0.4, 0.5) is 0 Å². The number of benzene rings is 1. The van der Waals surface area contributed by atoms with Crippen LogP contribution in [0.25, 0.3) is 0 Å². The van der Waals surface area contributed by atoms with E-state index in [0.717, 1.165) is 36.3 Å². The average molecular weight is 277 g/mol. The molecule has 2 rings (SSSR count). The van der Waals surface area contributed by atoms with Crippen LogP contribution in [0.15, 0.2) is 18.2 Å². The van der Waals surface area contributed by atoms with Gasteiger partial charge < -0.3 is 14.7 Å². The Kier molecular flexibility index (Phi) is 4.65. The van der Waals surface area contributed by atoms with Crippen molar-refractivity contribution in [2.75, 3.05) is 20.2 Å². The van der Waals surface area contributed by atoms with Gasteiger partial charge in [-0.25, -0.2) is 0 Å². The Morgan fingerprint density at radius 3 is 2.85 bits per heavy atom. The molecule has 4 nitrogen and oxygen atoms in total. The Hall–Kier alpha value is -1.55. The molecule has 2 unspecified atom stereocenters. The number of carbonyl (C=O) groups is 1. The first-order chi connectivity index (χ1) is 9.52. The largest absolute Gasteiger partial charge is 0.497 e. The number of aliphatic hydroxyl groups is 1. The highest BCUT2D eigenvalue weighted by atomic mass is 16.5. The van der Waals surface area contributed by atoms with Gasteiger partial charge in [-0.1, -0.05) is 0 Å². The van der Waals surface area contributed by atoms with Crippen LogP contribution in [0, 0.1) is 12.8 Å². The van der Waals surface area contributed by atoms with Crippen molar-refractivity contribution >= 4 is 5.91 Å². The Morgan fingerprint density at radius 1 is 1.50 bits per heavy atom. The van der Waals surface area contributed by atoms with E-state index >= 15 is 0 Å². The third kappa shape index (κ3) is 3.12. The van der Waals surface area contributed by atoms with E-state index in [0.29, 0.717) is 6.54 Å². The summed E-state index contributed by atoms with van der Waals surface area (Å²) in [5.41, 5.74) is 1.64. The van der Waals surface area contributed by atoms with Gasteiger partial charge in [-0.15, -0.1) is 0 Å². The lowest BCUT2D eigenvalue weighted by Gasteiger charge is -2.34. The number of likely N-dealkylation sites (tertiary alicyclic amines) is 1. The molecule has 1 aromatic carbocycles. The number of hydrogen-bond donors (Lipinski definition) is 1. The molecule has 0 saturated carbocycles. The van der Waals surface area contributed by atoms with Crippen molar-refractivity contribution < 1.29 is 14.6 Å². The molecule has 0 radical (unpaired) electrons. The van der Waals surface area contributed by atoms with E-state index in [1.54, 1.807) is 14.0 Å². The second-order valence-corrected chi connectivity index (χ2v) is 5.57. The van der Waals surface area contributed by atoms with Gasteiger partial charge in [0, 0.05) is 24.6 Å². The molecule has 1 saturated heterocycles. The minimum Gasteiger partial charge on any atom is -0.497 e. The summed E-state index contributed by atoms with van der Waals surface area (Å²) in [7, 11) is 1.62. The van der Waals surface area contributed by atoms with Crippen molar-refractivity contribution in [2.45, 2.75) is 32.8 Å². The predicted octanol–water partition coefficient (Wildman–Crippen LogP) is 2.24. The fourth-order valence-corrected chi connectivity index (χ4v) is 2.76. The van der Waals surface area contributed by atoms with Gasteiger partial charge in [0.15, 0.2) is 0 Å². The number of hydrogen-bond acceptors (Lipinski definition) is 3. The average Bonchev–Trinajstić information content (AvgIpc) is 2.46. The second kappa shape index (κ2) is 6.27. The Balaban J connectivity index is 2.14. The van der Waals surface area contributed by atoms with E-state index in [1.165, 1.54) is 0 Å². The Bertz CT molecular complexity index is 485. The summed E-state index contributed by atoms with van der Waals surface area (Å²) in [6.07, 6.45) is 1.59. The zero-order valence-corrected chi connectivity index (χ0v) is 12.4. The zero-order chi connectivity index (χ0) is 14.7. The number of aliphatic hydroxyl groups excluding tert-OH is 1. The third-order valence-electron chi connectivity index (χ3n) is 4.09. The number of ether oxygens (including phenoxy) is 1. The summed E-state index contributed by atoms with van der Waals surface area (Å²) < 4.78 is 5.17. The van der Waals surface area contributed by atoms with Gasteiger partial charge >= 0.3 is 0 Å². The highest BCUT2D eigenvalue weighted by molar-refractivity contribution is 5.95. The molecule has 0 bridgehead atoms. The van der Waals surface area contributed by atoms with Crippen LogP contribution < -0.4 is 4.74 Å². The lowest BCUT2D eigenvalue weighted by Crippen LogP contribution is -2.43. The molecule has 1 amide bonds. The lowest BCUT2D eigenvalue weighted by molar-refractivity contribution is 0.0465. The summed E-state index contributed by atoms with van der Waals surface area (Å²) in [5, 5.41) is 9.72. The van der Waals surface area contributed by atoms with Crippen molar-refractivity contribution in [3.8, 4) is 5.75 Å². The first-order valence-corrected chi connectivity index (χ1v) is 7.15. The van der Waals surface area contributed by atoms with Crippen LogP contribution in [-0.4, -0.2) is 42.2 Å². The number of methoxy groups -OCH3 is 1. The molecule has 4 heteroatoms. The molecule has 1 aliphatic rings. The number of aryl methyl sites for hydroxylation is 1. The quantitative estimate of drug-likeness (QED) is 0.921. The summed E-state index contributed by atoms with van der Waals surface area (Å²) in [6.45, 7) is 5.14. The van der Waals surface area contributed by atoms with Gasteiger partial charge in [0.1, 0.15) is 5.75 Å². The predicted molar refractivity (Wildman–Crippen MR) is 78.0 cm³/mol. The number of piperidine rings is 1. The van der Waals surface area contributed by atoms with Gasteiger partial charge in [-0.2, -0.15) is 0 Å². The van der Waals surface area contributed by atoms with E-state index in [-0.39, 0.29) is 17.9 Å². The highest BCUT2D eigenvalue weighted by Gasteiger charge is 2.27. The van der Waals surface area contributed by atoms with Crippen molar-refractivity contribution in [2.24, 2.45) is 5.92 Å². The summed E-state index contributed by atoms with van der Waals surface area (Å²) in [6, 6.07) is 5.52. The van der Waals surface area contributed by atoms with E-state index < -0.39 is 0 Å². The first-order valence-electron chi connectivity index (χ1n) is 7.15. The summed E-state index contributed by atoms with van der Waals surface area (Å²) >= 11 is 0. The molecule has 1 aromatic rings. The van der Waals surface area contributed by atoms with Gasteiger partial charge in [-0.3, -0.25) is 4.79 Å². The first kappa shape index (κ1) is 14.9. The van der Waals surface area contributed by atoms with Crippen LogP contribution >= 0.6 is 0 Å². The summed E-state index contributed by atoms with van der Waals surface area (Å²) in [4.78, 5) is 14.4. The van der Waals surface area contributed by atoms with Gasteiger partial charge in [0.25, 0.3) is 5.91 Å². The fraction of sp³-hybridized carbons (Fsp3) is 0.562. The molecule has 20 heavy (non-hydrogen) atoms. The molecule has 0 aromatic heterocycles. The van der Waals surface area contributed by atoms with Crippen LogP contribution in [-0.2, 0) is 0 Å². The molecular weight excluding hydrogens is 254 g/mol. The minimum atomic E-state index is -0.359. The molecule has 0 aliphatic carbocycles. The van der Waals surface area contributed by atoms with Crippen LogP contribution in [0.1, 0.15) is 35.7 Å².